The van der Waals surface area contributed by atoms with Gasteiger partial charge in [-0.2, -0.15) is 0 Å². The molecule has 4 heteroatoms. The molecule has 0 N–H and O–H groups in total. The molecular formula is C13H31N3Si. The molecule has 0 aromatic carbocycles. The van der Waals surface area contributed by atoms with Crippen LogP contribution >= 0.6 is 0 Å². The van der Waals surface area contributed by atoms with Crippen molar-refractivity contribution in [2.75, 3.05) is 13.1 Å². The first-order valence-electron chi connectivity index (χ1n) is 7.28. The van der Waals surface area contributed by atoms with Gasteiger partial charge in [0.15, 0.2) is 0 Å². The largest absolute Gasteiger partial charge is 0.302 e. The molecule has 0 radical (unpaired) electrons. The Morgan fingerprint density at radius 1 is 1.06 bits per heavy atom. The van der Waals surface area contributed by atoms with Crippen molar-refractivity contribution in [3.05, 3.63) is 0 Å². The second-order valence-electron chi connectivity index (χ2n) is 5.44. The molecule has 0 aliphatic carbocycles. The Morgan fingerprint density at radius 2 is 1.59 bits per heavy atom. The van der Waals surface area contributed by atoms with Crippen LogP contribution in [-0.2, 0) is 0 Å². The zero-order valence-electron chi connectivity index (χ0n) is 12.8. The van der Waals surface area contributed by atoms with Gasteiger partial charge < -0.3 is 4.57 Å². The topological polar surface area (TPSA) is 9.72 Å². The molecule has 3 unspecified atom stereocenters. The standard InChI is InChI=1S/C13H31N3Si/c1-8-12(6)16-13(7)15(11(4)5)17(16)14(9-2)10-3/h11-13,17H,8-10H2,1-7H3. The van der Waals surface area contributed by atoms with Crippen LogP contribution in [-0.4, -0.2) is 54.3 Å². The van der Waals surface area contributed by atoms with Gasteiger partial charge in [0.1, 0.15) is 0 Å². The van der Waals surface area contributed by atoms with Gasteiger partial charge in [0.25, 0.3) is 9.28 Å². The Kier molecular flexibility index (Phi) is 5.63. The monoisotopic (exact) mass is 257 g/mol. The highest BCUT2D eigenvalue weighted by atomic mass is 28.3. The molecule has 1 heterocycles. The summed E-state index contributed by atoms with van der Waals surface area (Å²) in [7, 11) is -1.04. The third-order valence-electron chi connectivity index (χ3n) is 4.23. The van der Waals surface area contributed by atoms with E-state index in [1.54, 1.807) is 0 Å². The first-order chi connectivity index (χ1) is 7.99. The molecule has 0 amide bonds. The molecule has 1 rings (SSSR count). The van der Waals surface area contributed by atoms with Crippen molar-refractivity contribution in [1.82, 2.24) is 13.7 Å². The fourth-order valence-corrected chi connectivity index (χ4v) is 6.83. The average molecular weight is 257 g/mol. The molecular weight excluding hydrogens is 226 g/mol. The summed E-state index contributed by atoms with van der Waals surface area (Å²) in [5.74, 6) is 0. The second-order valence-corrected chi connectivity index (χ2v) is 8.06. The average Bonchev–Trinajstić information content (AvgIpc) is 2.28. The van der Waals surface area contributed by atoms with Gasteiger partial charge in [-0.3, -0.25) is 9.13 Å². The summed E-state index contributed by atoms with van der Waals surface area (Å²) in [6, 6.07) is 1.42. The molecule has 0 aromatic heterocycles. The molecule has 0 spiro atoms. The van der Waals surface area contributed by atoms with Gasteiger partial charge in [-0.1, -0.05) is 41.5 Å². The molecule has 102 valence electrons. The van der Waals surface area contributed by atoms with Gasteiger partial charge in [-0.25, -0.2) is 0 Å². The predicted molar refractivity (Wildman–Crippen MR) is 78.1 cm³/mol. The van der Waals surface area contributed by atoms with E-state index in [0.29, 0.717) is 12.2 Å². The summed E-state index contributed by atoms with van der Waals surface area (Å²) in [6.45, 7) is 18.7. The first kappa shape index (κ1) is 15.2. The maximum atomic E-state index is 2.80. The fourth-order valence-electron chi connectivity index (χ4n) is 3.06. The summed E-state index contributed by atoms with van der Waals surface area (Å²) in [5.41, 5.74) is 0. The van der Waals surface area contributed by atoms with E-state index in [-0.39, 0.29) is 0 Å². The van der Waals surface area contributed by atoms with Crippen molar-refractivity contribution >= 4 is 9.28 Å². The van der Waals surface area contributed by atoms with Gasteiger partial charge >= 0.3 is 0 Å². The van der Waals surface area contributed by atoms with Crippen LogP contribution in [0.3, 0.4) is 0 Å². The summed E-state index contributed by atoms with van der Waals surface area (Å²) >= 11 is 0. The van der Waals surface area contributed by atoms with Crippen molar-refractivity contribution in [1.29, 1.82) is 0 Å². The molecule has 1 saturated heterocycles. The van der Waals surface area contributed by atoms with E-state index in [0.717, 1.165) is 6.04 Å². The van der Waals surface area contributed by atoms with E-state index >= 15 is 0 Å². The number of rotatable bonds is 6. The summed E-state index contributed by atoms with van der Waals surface area (Å²) in [6.07, 6.45) is 1.91. The zero-order chi connectivity index (χ0) is 13.2. The highest BCUT2D eigenvalue weighted by molar-refractivity contribution is 6.52. The molecule has 17 heavy (non-hydrogen) atoms. The first-order valence-corrected chi connectivity index (χ1v) is 8.83. The van der Waals surface area contributed by atoms with Gasteiger partial charge in [0.2, 0.25) is 0 Å². The molecule has 0 aromatic rings. The van der Waals surface area contributed by atoms with Crippen LogP contribution in [0.2, 0.25) is 0 Å². The van der Waals surface area contributed by atoms with E-state index in [9.17, 15) is 0 Å². The summed E-state index contributed by atoms with van der Waals surface area (Å²) < 4.78 is 8.26. The van der Waals surface area contributed by atoms with Crippen LogP contribution in [0, 0.1) is 0 Å². The fraction of sp³-hybridized carbons (Fsp3) is 1.00. The third kappa shape index (κ3) is 2.75. The van der Waals surface area contributed by atoms with Crippen molar-refractivity contribution in [3.63, 3.8) is 0 Å². The molecule has 1 fully saturated rings. The second kappa shape index (κ2) is 6.32. The maximum absolute atomic E-state index is 2.80. The predicted octanol–water partition coefficient (Wildman–Crippen LogP) is 2.22. The van der Waals surface area contributed by atoms with Crippen molar-refractivity contribution in [3.8, 4) is 0 Å². The molecule has 3 atom stereocenters. The van der Waals surface area contributed by atoms with Gasteiger partial charge in [0.05, 0.1) is 6.17 Å². The molecule has 1 aliphatic heterocycles. The maximum Gasteiger partial charge on any atom is 0.275 e. The van der Waals surface area contributed by atoms with Crippen LogP contribution in [0.5, 0.6) is 0 Å². The molecule has 0 saturated carbocycles. The number of hydrogen-bond donors (Lipinski definition) is 0. The van der Waals surface area contributed by atoms with E-state index < -0.39 is 9.28 Å². The zero-order valence-corrected chi connectivity index (χ0v) is 13.9. The lowest BCUT2D eigenvalue weighted by atomic mass is 10.2. The van der Waals surface area contributed by atoms with Crippen LogP contribution in [0.4, 0.5) is 0 Å². The number of hydrogen-bond acceptors (Lipinski definition) is 3. The van der Waals surface area contributed by atoms with Gasteiger partial charge in [-0.15, -0.1) is 0 Å². The molecule has 1 aliphatic rings. The normalized spacial score (nSPS) is 28.8. The quantitative estimate of drug-likeness (QED) is 0.676. The van der Waals surface area contributed by atoms with Crippen LogP contribution in [0.15, 0.2) is 0 Å². The lowest BCUT2D eigenvalue weighted by Gasteiger charge is -2.62. The van der Waals surface area contributed by atoms with Crippen LogP contribution in [0.25, 0.3) is 0 Å². The third-order valence-corrected chi connectivity index (χ3v) is 8.65. The van der Waals surface area contributed by atoms with Crippen LogP contribution in [0.1, 0.15) is 54.9 Å². The van der Waals surface area contributed by atoms with Crippen molar-refractivity contribution in [2.45, 2.75) is 73.1 Å². The smallest absolute Gasteiger partial charge is 0.275 e. The van der Waals surface area contributed by atoms with E-state index in [1.165, 1.54) is 19.5 Å². The summed E-state index contributed by atoms with van der Waals surface area (Å²) in [4.78, 5) is 0. The van der Waals surface area contributed by atoms with Crippen molar-refractivity contribution in [2.24, 2.45) is 0 Å². The highest BCUT2D eigenvalue weighted by Gasteiger charge is 2.50. The highest BCUT2D eigenvalue weighted by Crippen LogP contribution is 2.31. The van der Waals surface area contributed by atoms with Gasteiger partial charge in [0, 0.05) is 12.1 Å². The molecule has 3 nitrogen and oxygen atoms in total. The lowest BCUT2D eigenvalue weighted by molar-refractivity contribution is 0.0169. The minimum Gasteiger partial charge on any atom is -0.302 e. The van der Waals surface area contributed by atoms with Crippen molar-refractivity contribution < 1.29 is 0 Å². The Hall–Kier alpha value is 0.0969. The molecule has 0 bridgehead atoms. The Morgan fingerprint density at radius 3 is 1.94 bits per heavy atom. The SMILES string of the molecule is CCC(C)N1C(C)N(C(C)C)[SiH]1N(CC)CC. The minimum atomic E-state index is -1.04. The number of nitrogens with zero attached hydrogens (tertiary/aromatic N) is 3. The van der Waals surface area contributed by atoms with E-state index in [4.69, 9.17) is 0 Å². The Bertz CT molecular complexity index is 231. The minimum absolute atomic E-state index is 0.641. The Labute approximate surface area is 110 Å². The Balaban J connectivity index is 2.84. The van der Waals surface area contributed by atoms with E-state index in [2.05, 4.69) is 62.2 Å². The van der Waals surface area contributed by atoms with Gasteiger partial charge in [-0.05, 0) is 26.4 Å². The van der Waals surface area contributed by atoms with E-state index in [1.807, 2.05) is 0 Å². The lowest BCUT2D eigenvalue weighted by Crippen LogP contribution is -2.82. The summed E-state index contributed by atoms with van der Waals surface area (Å²) in [5, 5.41) is 0. The van der Waals surface area contributed by atoms with Crippen LogP contribution < -0.4 is 0 Å².